The van der Waals surface area contributed by atoms with Crippen molar-refractivity contribution in [1.29, 1.82) is 0 Å². The fourth-order valence-electron chi connectivity index (χ4n) is 4.12. The van der Waals surface area contributed by atoms with Crippen LogP contribution in [-0.2, 0) is 0 Å². The van der Waals surface area contributed by atoms with Crippen molar-refractivity contribution in [2.24, 2.45) is 17.8 Å². The van der Waals surface area contributed by atoms with Crippen LogP contribution in [0, 0.1) is 17.8 Å². The average molecular weight is 266 g/mol. The van der Waals surface area contributed by atoms with Crippen molar-refractivity contribution in [3.8, 4) is 0 Å². The van der Waals surface area contributed by atoms with Gasteiger partial charge in [-0.2, -0.15) is 0 Å². The van der Waals surface area contributed by atoms with E-state index in [0.717, 1.165) is 23.8 Å². The summed E-state index contributed by atoms with van der Waals surface area (Å²) in [6.07, 6.45) is 9.97. The summed E-state index contributed by atoms with van der Waals surface area (Å²) in [5.41, 5.74) is 0. The van der Waals surface area contributed by atoms with Gasteiger partial charge in [0.15, 0.2) is 0 Å². The fourth-order valence-corrected chi connectivity index (χ4v) is 4.12. The summed E-state index contributed by atoms with van der Waals surface area (Å²) < 4.78 is 0. The molecule has 4 atom stereocenters. The van der Waals surface area contributed by atoms with E-state index in [1.807, 2.05) is 0 Å². The standard InChI is InChI=1S/C17H34N2/c1-14(16-8-6-11-18-13-16)10-12-19(3)17-9-5-4-7-15(17)2/h14-18H,4-13H2,1-3H3. The molecule has 112 valence electrons. The van der Waals surface area contributed by atoms with Gasteiger partial charge < -0.3 is 10.2 Å². The molecule has 1 saturated heterocycles. The lowest BCUT2D eigenvalue weighted by Crippen LogP contribution is -2.40. The van der Waals surface area contributed by atoms with Gasteiger partial charge in [0.05, 0.1) is 0 Å². The molecule has 0 spiro atoms. The number of piperidine rings is 1. The summed E-state index contributed by atoms with van der Waals surface area (Å²) in [6.45, 7) is 8.71. The third-order valence-corrected chi connectivity index (χ3v) is 5.71. The molecule has 1 N–H and O–H groups in total. The smallest absolute Gasteiger partial charge is 0.0118 e. The van der Waals surface area contributed by atoms with Crippen molar-refractivity contribution < 1.29 is 0 Å². The molecule has 1 heterocycles. The lowest BCUT2D eigenvalue weighted by Gasteiger charge is -2.37. The predicted molar refractivity (Wildman–Crippen MR) is 83.4 cm³/mol. The maximum absolute atomic E-state index is 3.56. The van der Waals surface area contributed by atoms with Gasteiger partial charge in [0, 0.05) is 6.04 Å². The van der Waals surface area contributed by atoms with Crippen LogP contribution in [-0.4, -0.2) is 37.6 Å². The summed E-state index contributed by atoms with van der Waals surface area (Å²) in [7, 11) is 2.36. The van der Waals surface area contributed by atoms with E-state index in [1.165, 1.54) is 64.6 Å². The maximum atomic E-state index is 3.56. The predicted octanol–water partition coefficient (Wildman–Crippen LogP) is 3.52. The average Bonchev–Trinajstić information content (AvgIpc) is 2.46. The lowest BCUT2D eigenvalue weighted by atomic mass is 9.83. The van der Waals surface area contributed by atoms with Crippen LogP contribution in [0.4, 0.5) is 0 Å². The van der Waals surface area contributed by atoms with Crippen LogP contribution in [0.3, 0.4) is 0 Å². The van der Waals surface area contributed by atoms with Crippen molar-refractivity contribution in [2.75, 3.05) is 26.7 Å². The Labute approximate surface area is 120 Å². The molecule has 0 aromatic heterocycles. The molecule has 0 aromatic rings. The van der Waals surface area contributed by atoms with Crippen LogP contribution >= 0.6 is 0 Å². The van der Waals surface area contributed by atoms with Crippen LogP contribution in [0.2, 0.25) is 0 Å². The highest BCUT2D eigenvalue weighted by atomic mass is 15.1. The molecule has 0 bridgehead atoms. The third-order valence-electron chi connectivity index (χ3n) is 5.71. The second kappa shape index (κ2) is 7.64. The zero-order valence-corrected chi connectivity index (χ0v) is 13.3. The lowest BCUT2D eigenvalue weighted by molar-refractivity contribution is 0.126. The second-order valence-electron chi connectivity index (χ2n) is 7.18. The highest BCUT2D eigenvalue weighted by molar-refractivity contribution is 4.80. The van der Waals surface area contributed by atoms with Crippen molar-refractivity contribution >= 4 is 0 Å². The Morgan fingerprint density at radius 2 is 1.95 bits per heavy atom. The molecular formula is C17H34N2. The van der Waals surface area contributed by atoms with E-state index in [1.54, 1.807) is 0 Å². The minimum absolute atomic E-state index is 0.852. The molecule has 2 aliphatic rings. The first-order valence-electron chi connectivity index (χ1n) is 8.59. The molecule has 1 aliphatic heterocycles. The Morgan fingerprint density at radius 1 is 1.16 bits per heavy atom. The molecular weight excluding hydrogens is 232 g/mol. The van der Waals surface area contributed by atoms with Crippen LogP contribution in [0.25, 0.3) is 0 Å². The SMILES string of the molecule is CC(CCN(C)C1CCCCC1C)C1CCCNC1. The van der Waals surface area contributed by atoms with Gasteiger partial charge in [0.25, 0.3) is 0 Å². The van der Waals surface area contributed by atoms with E-state index in [9.17, 15) is 0 Å². The van der Waals surface area contributed by atoms with Crippen molar-refractivity contribution in [2.45, 2.75) is 64.8 Å². The summed E-state index contributed by atoms with van der Waals surface area (Å²) >= 11 is 0. The van der Waals surface area contributed by atoms with Gasteiger partial charge in [-0.25, -0.2) is 0 Å². The van der Waals surface area contributed by atoms with Crippen LogP contribution in [0.15, 0.2) is 0 Å². The summed E-state index contributed by atoms with van der Waals surface area (Å²) in [5, 5.41) is 3.56. The first-order valence-corrected chi connectivity index (χ1v) is 8.59. The van der Waals surface area contributed by atoms with Gasteiger partial charge in [-0.15, -0.1) is 0 Å². The normalized spacial score (nSPS) is 34.4. The van der Waals surface area contributed by atoms with Gasteiger partial charge >= 0.3 is 0 Å². The van der Waals surface area contributed by atoms with Crippen molar-refractivity contribution in [1.82, 2.24) is 10.2 Å². The highest BCUT2D eigenvalue weighted by Gasteiger charge is 2.26. The van der Waals surface area contributed by atoms with E-state index < -0.39 is 0 Å². The largest absolute Gasteiger partial charge is 0.316 e. The van der Waals surface area contributed by atoms with Gasteiger partial charge in [0.1, 0.15) is 0 Å². The Kier molecular flexibility index (Phi) is 6.15. The Hall–Kier alpha value is -0.0800. The molecule has 2 heteroatoms. The number of hydrogen-bond acceptors (Lipinski definition) is 2. The van der Waals surface area contributed by atoms with Crippen molar-refractivity contribution in [3.63, 3.8) is 0 Å². The van der Waals surface area contributed by atoms with Crippen molar-refractivity contribution in [3.05, 3.63) is 0 Å². The summed E-state index contributed by atoms with van der Waals surface area (Å²) in [4.78, 5) is 2.66. The monoisotopic (exact) mass is 266 g/mol. The van der Waals surface area contributed by atoms with E-state index in [-0.39, 0.29) is 0 Å². The number of nitrogens with one attached hydrogen (secondary N) is 1. The molecule has 19 heavy (non-hydrogen) atoms. The van der Waals surface area contributed by atoms with E-state index in [0.29, 0.717) is 0 Å². The fraction of sp³-hybridized carbons (Fsp3) is 1.00. The zero-order chi connectivity index (χ0) is 13.7. The molecule has 2 fully saturated rings. The van der Waals surface area contributed by atoms with Crippen LogP contribution in [0.5, 0.6) is 0 Å². The molecule has 0 radical (unpaired) electrons. The van der Waals surface area contributed by atoms with Gasteiger partial charge in [-0.1, -0.05) is 26.7 Å². The molecule has 2 rings (SSSR count). The van der Waals surface area contributed by atoms with Crippen LogP contribution < -0.4 is 5.32 Å². The molecule has 0 amide bonds. The number of hydrogen-bond donors (Lipinski definition) is 1. The zero-order valence-electron chi connectivity index (χ0n) is 13.3. The van der Waals surface area contributed by atoms with Gasteiger partial charge in [-0.05, 0) is 76.5 Å². The molecule has 1 saturated carbocycles. The van der Waals surface area contributed by atoms with E-state index >= 15 is 0 Å². The molecule has 0 aromatic carbocycles. The second-order valence-corrected chi connectivity index (χ2v) is 7.18. The Balaban J connectivity index is 1.71. The van der Waals surface area contributed by atoms with Gasteiger partial charge in [-0.3, -0.25) is 0 Å². The van der Waals surface area contributed by atoms with E-state index in [4.69, 9.17) is 0 Å². The number of rotatable bonds is 5. The topological polar surface area (TPSA) is 15.3 Å². The Morgan fingerprint density at radius 3 is 2.63 bits per heavy atom. The van der Waals surface area contributed by atoms with E-state index in [2.05, 4.69) is 31.1 Å². The minimum atomic E-state index is 0.852. The minimum Gasteiger partial charge on any atom is -0.316 e. The maximum Gasteiger partial charge on any atom is 0.0118 e. The molecule has 4 unspecified atom stereocenters. The van der Waals surface area contributed by atoms with Crippen LogP contribution in [0.1, 0.15) is 58.8 Å². The number of nitrogens with zero attached hydrogens (tertiary/aromatic N) is 1. The molecule has 2 nitrogen and oxygen atoms in total. The van der Waals surface area contributed by atoms with Gasteiger partial charge in [0.2, 0.25) is 0 Å². The highest BCUT2D eigenvalue weighted by Crippen LogP contribution is 2.28. The summed E-state index contributed by atoms with van der Waals surface area (Å²) in [6, 6.07) is 0.852. The summed E-state index contributed by atoms with van der Waals surface area (Å²) in [5.74, 6) is 2.71. The molecule has 1 aliphatic carbocycles. The Bertz CT molecular complexity index is 248. The first kappa shape index (κ1) is 15.3. The quantitative estimate of drug-likeness (QED) is 0.819. The third kappa shape index (κ3) is 4.46. The first-order chi connectivity index (χ1) is 9.18.